The fourth-order valence-electron chi connectivity index (χ4n) is 2.21. The zero-order valence-electron chi connectivity index (χ0n) is 13.3. The first-order valence-electron chi connectivity index (χ1n) is 7.38. The first-order valence-corrected chi connectivity index (χ1v) is 8.19. The van der Waals surface area contributed by atoms with Crippen LogP contribution in [0.1, 0.15) is 0 Å². The van der Waals surface area contributed by atoms with E-state index in [4.69, 9.17) is 10.00 Å². The first kappa shape index (κ1) is 16.6. The van der Waals surface area contributed by atoms with Crippen LogP contribution in [0.25, 0.3) is 0 Å². The smallest absolute Gasteiger partial charge is 0.290 e. The van der Waals surface area contributed by atoms with Gasteiger partial charge in [0, 0.05) is 11.8 Å². The number of carbonyl (C=O) groups is 1. The van der Waals surface area contributed by atoms with E-state index in [2.05, 4.69) is 10.5 Å². The minimum absolute atomic E-state index is 0.265. The molecule has 0 aliphatic carbocycles. The molecule has 1 amide bonds. The molecular weight excluding hydrogens is 336 g/mol. The molecule has 1 saturated heterocycles. The van der Waals surface area contributed by atoms with Crippen molar-refractivity contribution in [2.45, 2.75) is 0 Å². The summed E-state index contributed by atoms with van der Waals surface area (Å²) in [5, 5.41) is 13.9. The van der Waals surface area contributed by atoms with Crippen LogP contribution in [0.4, 0.5) is 11.4 Å². The summed E-state index contributed by atoms with van der Waals surface area (Å²) in [7, 11) is 1.59. The number of methoxy groups -OCH3 is 1. The van der Waals surface area contributed by atoms with Crippen LogP contribution in [-0.2, 0) is 4.79 Å². The first-order chi connectivity index (χ1) is 12.2. The minimum atomic E-state index is -0.279. The average Bonchev–Trinajstić information content (AvgIpc) is 2.97. The van der Waals surface area contributed by atoms with Crippen molar-refractivity contribution in [1.82, 2.24) is 0 Å². The van der Waals surface area contributed by atoms with Crippen molar-refractivity contribution in [3.8, 4) is 11.8 Å². The van der Waals surface area contributed by atoms with Crippen molar-refractivity contribution in [3.63, 3.8) is 0 Å². The number of nitrogens with zero attached hydrogens (tertiary/aromatic N) is 3. The molecule has 0 aromatic heterocycles. The highest BCUT2D eigenvalue weighted by molar-refractivity contribution is 8.20. The van der Waals surface area contributed by atoms with Crippen LogP contribution in [0.3, 0.4) is 0 Å². The maximum Gasteiger partial charge on any atom is 0.290 e. The summed E-state index contributed by atoms with van der Waals surface area (Å²) in [5.74, 6) is 0.456. The average molecular weight is 350 g/mol. The fourth-order valence-corrected chi connectivity index (χ4v) is 3.07. The highest BCUT2D eigenvalue weighted by Gasteiger charge is 2.34. The third-order valence-corrected chi connectivity index (χ3v) is 4.36. The van der Waals surface area contributed by atoms with Gasteiger partial charge < -0.3 is 4.74 Å². The number of thioether (sulfide) groups is 1. The van der Waals surface area contributed by atoms with E-state index >= 15 is 0 Å². The number of hydrogen-bond acceptors (Lipinski definition) is 6. The number of hydrazone groups is 1. The van der Waals surface area contributed by atoms with Gasteiger partial charge in [-0.1, -0.05) is 18.2 Å². The molecule has 3 rings (SSSR count). The van der Waals surface area contributed by atoms with Crippen molar-refractivity contribution in [2.24, 2.45) is 5.10 Å². The number of amides is 1. The molecule has 1 aliphatic heterocycles. The van der Waals surface area contributed by atoms with Gasteiger partial charge in [0.15, 0.2) is 5.04 Å². The van der Waals surface area contributed by atoms with Gasteiger partial charge in [0.1, 0.15) is 5.75 Å². The zero-order valence-corrected chi connectivity index (χ0v) is 14.2. The molecule has 1 N–H and O–H groups in total. The Labute approximate surface area is 149 Å². The van der Waals surface area contributed by atoms with Crippen LogP contribution in [0, 0.1) is 11.3 Å². The molecule has 124 valence electrons. The normalized spacial score (nSPS) is 17.0. The SMILES string of the molecule is COc1ccc(N/N=C2/S/C(=C/C#N)N(c3ccccc3)C2=O)cc1. The van der Waals surface area contributed by atoms with Gasteiger partial charge in [-0.05, 0) is 48.2 Å². The van der Waals surface area contributed by atoms with Crippen molar-refractivity contribution < 1.29 is 9.53 Å². The largest absolute Gasteiger partial charge is 0.497 e. The van der Waals surface area contributed by atoms with Crippen LogP contribution < -0.4 is 15.1 Å². The second-order valence-corrected chi connectivity index (χ2v) is 5.96. The Morgan fingerprint density at radius 1 is 1.20 bits per heavy atom. The minimum Gasteiger partial charge on any atom is -0.497 e. The number of para-hydroxylation sites is 1. The molecule has 6 nitrogen and oxygen atoms in total. The van der Waals surface area contributed by atoms with E-state index in [0.29, 0.717) is 10.7 Å². The molecule has 2 aromatic carbocycles. The zero-order chi connectivity index (χ0) is 17.6. The molecule has 0 unspecified atom stereocenters. The van der Waals surface area contributed by atoms with Crippen molar-refractivity contribution >= 4 is 34.1 Å². The predicted octanol–water partition coefficient (Wildman–Crippen LogP) is 3.57. The predicted molar refractivity (Wildman–Crippen MR) is 99.3 cm³/mol. The molecule has 1 fully saturated rings. The molecule has 2 aromatic rings. The van der Waals surface area contributed by atoms with Crippen LogP contribution in [0.2, 0.25) is 0 Å². The van der Waals surface area contributed by atoms with Crippen LogP contribution in [0.15, 0.2) is 70.8 Å². The summed E-state index contributed by atoms with van der Waals surface area (Å²) in [6, 6.07) is 18.3. The number of anilines is 2. The summed E-state index contributed by atoms with van der Waals surface area (Å²) >= 11 is 1.15. The Bertz CT molecular complexity index is 870. The van der Waals surface area contributed by atoms with Gasteiger partial charge in [0.25, 0.3) is 5.91 Å². The molecular formula is C18H14N4O2S. The second kappa shape index (κ2) is 7.55. The Morgan fingerprint density at radius 3 is 2.56 bits per heavy atom. The van der Waals surface area contributed by atoms with E-state index in [0.717, 1.165) is 23.2 Å². The maximum absolute atomic E-state index is 12.7. The summed E-state index contributed by atoms with van der Waals surface area (Å²) in [5.41, 5.74) is 4.28. The Balaban J connectivity index is 1.84. The van der Waals surface area contributed by atoms with Crippen molar-refractivity contribution in [1.29, 1.82) is 5.26 Å². The summed E-state index contributed by atoms with van der Waals surface area (Å²) < 4.78 is 5.10. The molecule has 1 aliphatic rings. The summed E-state index contributed by atoms with van der Waals surface area (Å²) in [6.45, 7) is 0. The molecule has 0 bridgehead atoms. The quantitative estimate of drug-likeness (QED) is 0.674. The van der Waals surface area contributed by atoms with E-state index in [9.17, 15) is 4.79 Å². The Kier molecular flexibility index (Phi) is 5.02. The van der Waals surface area contributed by atoms with Crippen LogP contribution >= 0.6 is 11.8 Å². The lowest BCUT2D eigenvalue weighted by molar-refractivity contribution is -0.111. The van der Waals surface area contributed by atoms with Crippen LogP contribution in [-0.4, -0.2) is 18.1 Å². The molecule has 0 saturated carbocycles. The number of hydrogen-bond donors (Lipinski definition) is 1. The third kappa shape index (κ3) is 3.65. The molecule has 1 heterocycles. The molecule has 0 radical (unpaired) electrons. The number of rotatable bonds is 4. The lowest BCUT2D eigenvalue weighted by Crippen LogP contribution is -2.26. The highest BCUT2D eigenvalue weighted by atomic mass is 32.2. The number of ether oxygens (including phenoxy) is 1. The van der Waals surface area contributed by atoms with E-state index in [1.54, 1.807) is 31.4 Å². The van der Waals surface area contributed by atoms with Crippen molar-refractivity contribution in [2.75, 3.05) is 17.4 Å². The standard InChI is InChI=1S/C18H14N4O2S/c1-24-15-9-7-13(8-10-15)20-21-17-18(23)22(16(25-17)11-12-19)14-5-3-2-4-6-14/h2-11,20H,1H3/b16-11+,21-17+. The molecule has 0 atom stereocenters. The Hall–Kier alpha value is -3.24. The lowest BCUT2D eigenvalue weighted by Gasteiger charge is -2.15. The highest BCUT2D eigenvalue weighted by Crippen LogP contribution is 2.35. The third-order valence-electron chi connectivity index (χ3n) is 3.39. The maximum atomic E-state index is 12.7. The number of benzene rings is 2. The molecule has 0 spiro atoms. The van der Waals surface area contributed by atoms with Gasteiger partial charge in [0.2, 0.25) is 0 Å². The molecule has 25 heavy (non-hydrogen) atoms. The van der Waals surface area contributed by atoms with Gasteiger partial charge in [-0.25, -0.2) is 0 Å². The molecule has 7 heteroatoms. The lowest BCUT2D eigenvalue weighted by atomic mass is 10.3. The van der Waals surface area contributed by atoms with Gasteiger partial charge in [-0.15, -0.1) is 0 Å². The topological polar surface area (TPSA) is 77.7 Å². The summed E-state index contributed by atoms with van der Waals surface area (Å²) in [4.78, 5) is 14.2. The summed E-state index contributed by atoms with van der Waals surface area (Å²) in [6.07, 6.45) is 1.34. The number of nitriles is 1. The Morgan fingerprint density at radius 2 is 1.92 bits per heavy atom. The van der Waals surface area contributed by atoms with Gasteiger partial charge >= 0.3 is 0 Å². The number of allylic oxidation sites excluding steroid dienone is 1. The second-order valence-electron chi connectivity index (χ2n) is 4.95. The number of carbonyl (C=O) groups excluding carboxylic acids is 1. The van der Waals surface area contributed by atoms with E-state index < -0.39 is 0 Å². The fraction of sp³-hybridized carbons (Fsp3) is 0.0556. The van der Waals surface area contributed by atoms with Gasteiger partial charge in [-0.3, -0.25) is 15.1 Å². The monoisotopic (exact) mass is 350 g/mol. The van der Waals surface area contributed by atoms with E-state index in [1.807, 2.05) is 36.4 Å². The van der Waals surface area contributed by atoms with Crippen molar-refractivity contribution in [3.05, 3.63) is 65.7 Å². The van der Waals surface area contributed by atoms with Crippen LogP contribution in [0.5, 0.6) is 5.75 Å². The van der Waals surface area contributed by atoms with E-state index in [1.165, 1.54) is 11.0 Å². The van der Waals surface area contributed by atoms with Gasteiger partial charge in [0.05, 0.1) is 23.9 Å². The van der Waals surface area contributed by atoms with E-state index in [-0.39, 0.29) is 11.0 Å². The van der Waals surface area contributed by atoms with Gasteiger partial charge in [-0.2, -0.15) is 10.4 Å². The number of nitrogens with one attached hydrogen (secondary N) is 1.